The number of rotatable bonds is 3. The minimum Gasteiger partial charge on any atom is -0.398 e. The van der Waals surface area contributed by atoms with Gasteiger partial charge in [0.05, 0.1) is 18.2 Å². The number of imidazole rings is 1. The number of aromatic nitrogens is 3. The molecule has 0 aromatic carbocycles. The smallest absolute Gasteiger partial charge is 0.0951 e. The first-order chi connectivity index (χ1) is 9.24. The Hall–Kier alpha value is -1.84. The third kappa shape index (κ3) is 2.48. The second kappa shape index (κ2) is 5.03. The molecule has 2 aromatic heterocycles. The summed E-state index contributed by atoms with van der Waals surface area (Å²) in [7, 11) is 0. The van der Waals surface area contributed by atoms with E-state index in [4.69, 9.17) is 5.73 Å². The fourth-order valence-corrected chi connectivity index (χ4v) is 3.08. The van der Waals surface area contributed by atoms with E-state index in [1.54, 1.807) is 6.20 Å². The summed E-state index contributed by atoms with van der Waals surface area (Å²) in [6, 6.07) is 1.84. The van der Waals surface area contributed by atoms with Crippen molar-refractivity contribution in [2.45, 2.75) is 32.7 Å². The van der Waals surface area contributed by atoms with E-state index in [0.29, 0.717) is 0 Å². The number of pyridine rings is 1. The van der Waals surface area contributed by atoms with E-state index in [-0.39, 0.29) is 0 Å². The van der Waals surface area contributed by atoms with Crippen LogP contribution in [0.4, 0.5) is 5.69 Å². The van der Waals surface area contributed by atoms with Gasteiger partial charge in [-0.15, -0.1) is 0 Å². The molecule has 100 valence electrons. The van der Waals surface area contributed by atoms with Crippen LogP contribution in [0.25, 0.3) is 11.3 Å². The molecule has 0 bridgehead atoms. The van der Waals surface area contributed by atoms with Crippen molar-refractivity contribution in [2.24, 2.45) is 11.8 Å². The summed E-state index contributed by atoms with van der Waals surface area (Å²) in [6.07, 6.45) is 11.3. The molecule has 0 amide bonds. The Morgan fingerprint density at radius 2 is 2.21 bits per heavy atom. The van der Waals surface area contributed by atoms with Crippen molar-refractivity contribution in [3.8, 4) is 11.3 Å². The first kappa shape index (κ1) is 12.2. The molecule has 2 aromatic rings. The van der Waals surface area contributed by atoms with Gasteiger partial charge in [-0.1, -0.05) is 13.3 Å². The van der Waals surface area contributed by atoms with E-state index in [2.05, 4.69) is 21.5 Å². The van der Waals surface area contributed by atoms with Gasteiger partial charge in [0.2, 0.25) is 0 Å². The van der Waals surface area contributed by atoms with Crippen molar-refractivity contribution in [2.75, 3.05) is 5.73 Å². The molecule has 2 heterocycles. The zero-order valence-electron chi connectivity index (χ0n) is 11.3. The summed E-state index contributed by atoms with van der Waals surface area (Å²) in [4.78, 5) is 8.45. The molecule has 2 atom stereocenters. The first-order valence-electron chi connectivity index (χ1n) is 6.94. The molecule has 0 spiro atoms. The predicted octanol–water partition coefficient (Wildman–Crippen LogP) is 2.96. The highest BCUT2D eigenvalue weighted by Crippen LogP contribution is 2.33. The SMILES string of the molecule is CC1CCC(Cn2cncc2-c2cnccc2N)C1. The Bertz CT molecular complexity index is 561. The third-order valence-corrected chi connectivity index (χ3v) is 4.10. The van der Waals surface area contributed by atoms with Gasteiger partial charge in [0.1, 0.15) is 0 Å². The highest BCUT2D eigenvalue weighted by atomic mass is 15.0. The predicted molar refractivity (Wildman–Crippen MR) is 76.4 cm³/mol. The lowest BCUT2D eigenvalue weighted by Crippen LogP contribution is -2.08. The summed E-state index contributed by atoms with van der Waals surface area (Å²) in [5.41, 5.74) is 8.84. The largest absolute Gasteiger partial charge is 0.398 e. The Morgan fingerprint density at radius 3 is 2.95 bits per heavy atom. The van der Waals surface area contributed by atoms with Gasteiger partial charge in [0, 0.05) is 30.2 Å². The van der Waals surface area contributed by atoms with E-state index in [1.165, 1.54) is 19.3 Å². The number of nitrogen functional groups attached to an aromatic ring is 1. The molecule has 4 nitrogen and oxygen atoms in total. The molecule has 1 fully saturated rings. The minimum absolute atomic E-state index is 0.761. The Labute approximate surface area is 113 Å². The molecule has 2 N–H and O–H groups in total. The lowest BCUT2D eigenvalue weighted by molar-refractivity contribution is 0.443. The van der Waals surface area contributed by atoms with Gasteiger partial charge in [0.15, 0.2) is 0 Å². The van der Waals surface area contributed by atoms with E-state index in [1.807, 2.05) is 24.8 Å². The van der Waals surface area contributed by atoms with Crippen molar-refractivity contribution in [1.82, 2.24) is 14.5 Å². The van der Waals surface area contributed by atoms with Crippen molar-refractivity contribution < 1.29 is 0 Å². The quantitative estimate of drug-likeness (QED) is 0.918. The van der Waals surface area contributed by atoms with Crippen LogP contribution in [0.15, 0.2) is 31.0 Å². The topological polar surface area (TPSA) is 56.7 Å². The summed E-state index contributed by atoms with van der Waals surface area (Å²) < 4.78 is 2.22. The second-order valence-electron chi connectivity index (χ2n) is 5.68. The van der Waals surface area contributed by atoms with Crippen LogP contribution in [0.5, 0.6) is 0 Å². The highest BCUT2D eigenvalue weighted by molar-refractivity contribution is 5.72. The molecular weight excluding hydrogens is 236 g/mol. The average molecular weight is 256 g/mol. The van der Waals surface area contributed by atoms with Crippen LogP contribution in [-0.2, 0) is 6.54 Å². The van der Waals surface area contributed by atoms with Crippen molar-refractivity contribution in [1.29, 1.82) is 0 Å². The molecule has 2 unspecified atom stereocenters. The zero-order valence-corrected chi connectivity index (χ0v) is 11.3. The number of anilines is 1. The number of nitrogens with two attached hydrogens (primary N) is 1. The summed E-state index contributed by atoms with van der Waals surface area (Å²) in [6.45, 7) is 3.38. The maximum Gasteiger partial charge on any atom is 0.0951 e. The van der Waals surface area contributed by atoms with Gasteiger partial charge in [0.25, 0.3) is 0 Å². The molecule has 0 radical (unpaired) electrons. The van der Waals surface area contributed by atoms with Crippen LogP contribution in [0.3, 0.4) is 0 Å². The standard InChI is InChI=1S/C15H20N4/c1-11-2-3-12(6-11)9-19-10-18-8-15(19)13-7-17-5-4-14(13)16/h4-5,7-8,10-12H,2-3,6,9H2,1H3,(H2,16,17). The van der Waals surface area contributed by atoms with Gasteiger partial charge in [-0.3, -0.25) is 4.98 Å². The first-order valence-corrected chi connectivity index (χ1v) is 6.94. The normalized spacial score (nSPS) is 22.8. The summed E-state index contributed by atoms with van der Waals surface area (Å²) in [5, 5.41) is 0. The van der Waals surface area contributed by atoms with Crippen LogP contribution >= 0.6 is 0 Å². The van der Waals surface area contributed by atoms with E-state index >= 15 is 0 Å². The summed E-state index contributed by atoms with van der Waals surface area (Å²) >= 11 is 0. The van der Waals surface area contributed by atoms with Crippen LogP contribution in [0.1, 0.15) is 26.2 Å². The minimum atomic E-state index is 0.761. The Morgan fingerprint density at radius 1 is 1.32 bits per heavy atom. The molecule has 0 aliphatic heterocycles. The van der Waals surface area contributed by atoms with Crippen molar-refractivity contribution in [3.63, 3.8) is 0 Å². The highest BCUT2D eigenvalue weighted by Gasteiger charge is 2.22. The molecule has 1 aliphatic rings. The molecule has 4 heteroatoms. The molecule has 0 saturated heterocycles. The fourth-order valence-electron chi connectivity index (χ4n) is 3.08. The zero-order chi connectivity index (χ0) is 13.2. The number of hydrogen-bond donors (Lipinski definition) is 1. The van der Waals surface area contributed by atoms with Crippen molar-refractivity contribution in [3.05, 3.63) is 31.0 Å². The van der Waals surface area contributed by atoms with Gasteiger partial charge in [-0.2, -0.15) is 0 Å². The van der Waals surface area contributed by atoms with Gasteiger partial charge in [-0.25, -0.2) is 4.98 Å². The summed E-state index contributed by atoms with van der Waals surface area (Å²) in [5.74, 6) is 1.63. The molecular formula is C15H20N4. The molecule has 3 rings (SSSR count). The van der Waals surface area contributed by atoms with Crippen LogP contribution < -0.4 is 5.73 Å². The number of nitrogens with zero attached hydrogens (tertiary/aromatic N) is 3. The molecule has 1 saturated carbocycles. The van der Waals surface area contributed by atoms with Gasteiger partial charge >= 0.3 is 0 Å². The van der Waals surface area contributed by atoms with Gasteiger partial charge in [-0.05, 0) is 30.7 Å². The lowest BCUT2D eigenvalue weighted by atomic mass is 10.1. The fraction of sp³-hybridized carbons (Fsp3) is 0.467. The van der Waals surface area contributed by atoms with Crippen LogP contribution in [0, 0.1) is 11.8 Å². The molecule has 1 aliphatic carbocycles. The lowest BCUT2D eigenvalue weighted by Gasteiger charge is -2.14. The Balaban J connectivity index is 1.85. The second-order valence-corrected chi connectivity index (χ2v) is 5.68. The maximum atomic E-state index is 6.03. The number of hydrogen-bond acceptors (Lipinski definition) is 3. The van der Waals surface area contributed by atoms with Crippen LogP contribution in [-0.4, -0.2) is 14.5 Å². The van der Waals surface area contributed by atoms with Gasteiger partial charge < -0.3 is 10.3 Å². The van der Waals surface area contributed by atoms with Crippen molar-refractivity contribution >= 4 is 5.69 Å². The van der Waals surface area contributed by atoms with E-state index in [0.717, 1.165) is 35.3 Å². The maximum absolute atomic E-state index is 6.03. The van der Waals surface area contributed by atoms with Crippen LogP contribution in [0.2, 0.25) is 0 Å². The molecule has 19 heavy (non-hydrogen) atoms. The van der Waals surface area contributed by atoms with E-state index in [9.17, 15) is 0 Å². The third-order valence-electron chi connectivity index (χ3n) is 4.10. The monoisotopic (exact) mass is 256 g/mol. The Kier molecular flexibility index (Phi) is 3.23. The van der Waals surface area contributed by atoms with E-state index < -0.39 is 0 Å². The average Bonchev–Trinajstić information content (AvgIpc) is 3.00.